The number of nitrogens with two attached hydrogens (primary N) is 1. The van der Waals surface area contributed by atoms with Crippen molar-refractivity contribution in [2.75, 3.05) is 12.3 Å². The number of rotatable bonds is 6. The lowest BCUT2D eigenvalue weighted by Crippen LogP contribution is -2.26. The summed E-state index contributed by atoms with van der Waals surface area (Å²) >= 11 is 0. The van der Waals surface area contributed by atoms with Gasteiger partial charge in [0.2, 0.25) is 0 Å². The predicted octanol–water partition coefficient (Wildman–Crippen LogP) is 1.74. The van der Waals surface area contributed by atoms with Crippen LogP contribution in [0.3, 0.4) is 0 Å². The van der Waals surface area contributed by atoms with Crippen LogP contribution in [-0.4, -0.2) is 22.4 Å². The number of carbonyl (C=O) groups is 1. The molecule has 0 saturated carbocycles. The predicted molar refractivity (Wildman–Crippen MR) is 71.7 cm³/mol. The molecular weight excluding hydrogens is 248 g/mol. The Morgan fingerprint density at radius 1 is 1.58 bits per heavy atom. The molecule has 0 aliphatic carbocycles. The molecular formula is C12H18N4O3. The van der Waals surface area contributed by atoms with E-state index in [1.807, 2.05) is 0 Å². The van der Waals surface area contributed by atoms with Gasteiger partial charge in [-0.15, -0.1) is 0 Å². The molecule has 0 aliphatic heterocycles. The summed E-state index contributed by atoms with van der Waals surface area (Å²) in [6, 6.07) is 1.14. The fourth-order valence-corrected chi connectivity index (χ4v) is 1.55. The van der Waals surface area contributed by atoms with Gasteiger partial charge in [-0.3, -0.25) is 14.9 Å². The lowest BCUT2D eigenvalue weighted by atomic mass is 10.1. The van der Waals surface area contributed by atoms with E-state index in [0.29, 0.717) is 12.5 Å². The minimum Gasteiger partial charge on any atom is -0.383 e. The summed E-state index contributed by atoms with van der Waals surface area (Å²) in [7, 11) is 0. The Bertz CT molecular complexity index is 474. The van der Waals surface area contributed by atoms with Crippen LogP contribution in [0.1, 0.15) is 37.0 Å². The van der Waals surface area contributed by atoms with Gasteiger partial charge in [0.15, 0.2) is 0 Å². The maximum Gasteiger partial charge on any atom is 0.288 e. The SMILES string of the molecule is CC(C)CCCNC(=O)c1cc([N+](=O)[O-])cnc1N. The number of nitrogens with zero attached hydrogens (tertiary/aromatic N) is 2. The molecule has 104 valence electrons. The van der Waals surface area contributed by atoms with Crippen LogP contribution in [0.5, 0.6) is 0 Å². The molecule has 0 radical (unpaired) electrons. The van der Waals surface area contributed by atoms with Crippen LogP contribution in [0, 0.1) is 16.0 Å². The van der Waals surface area contributed by atoms with Gasteiger partial charge < -0.3 is 11.1 Å². The molecule has 0 spiro atoms. The Balaban J connectivity index is 2.66. The number of amides is 1. The number of nitro groups is 1. The van der Waals surface area contributed by atoms with Gasteiger partial charge in [0.25, 0.3) is 11.6 Å². The highest BCUT2D eigenvalue weighted by molar-refractivity contribution is 5.98. The Morgan fingerprint density at radius 3 is 2.84 bits per heavy atom. The van der Waals surface area contributed by atoms with Gasteiger partial charge in [-0.1, -0.05) is 13.8 Å². The van der Waals surface area contributed by atoms with Crippen LogP contribution in [-0.2, 0) is 0 Å². The van der Waals surface area contributed by atoms with Gasteiger partial charge in [-0.2, -0.15) is 0 Å². The highest BCUT2D eigenvalue weighted by Gasteiger charge is 2.16. The molecule has 0 aliphatic rings. The average molecular weight is 266 g/mol. The number of aromatic nitrogens is 1. The van der Waals surface area contributed by atoms with Crippen molar-refractivity contribution in [3.63, 3.8) is 0 Å². The second-order valence-electron chi connectivity index (χ2n) is 4.68. The minimum atomic E-state index is -0.609. The first-order chi connectivity index (χ1) is 8.91. The molecule has 1 rings (SSSR count). The summed E-state index contributed by atoms with van der Waals surface area (Å²) in [6.07, 6.45) is 2.89. The third kappa shape index (κ3) is 4.53. The molecule has 3 N–H and O–H groups in total. The Kier molecular flexibility index (Phi) is 5.23. The van der Waals surface area contributed by atoms with E-state index in [4.69, 9.17) is 5.73 Å². The van der Waals surface area contributed by atoms with Gasteiger partial charge in [-0.05, 0) is 18.8 Å². The third-order valence-corrected chi connectivity index (χ3v) is 2.60. The minimum absolute atomic E-state index is 0.00744. The molecule has 1 amide bonds. The van der Waals surface area contributed by atoms with Crippen molar-refractivity contribution in [2.45, 2.75) is 26.7 Å². The third-order valence-electron chi connectivity index (χ3n) is 2.60. The molecule has 0 bridgehead atoms. The summed E-state index contributed by atoms with van der Waals surface area (Å²) < 4.78 is 0. The molecule has 7 nitrogen and oxygen atoms in total. The van der Waals surface area contributed by atoms with Crippen molar-refractivity contribution in [1.82, 2.24) is 10.3 Å². The van der Waals surface area contributed by atoms with Crippen molar-refractivity contribution in [1.29, 1.82) is 0 Å². The van der Waals surface area contributed by atoms with E-state index in [1.54, 1.807) is 0 Å². The summed E-state index contributed by atoms with van der Waals surface area (Å²) in [6.45, 7) is 4.72. The number of hydrogen-bond acceptors (Lipinski definition) is 5. The Morgan fingerprint density at radius 2 is 2.26 bits per heavy atom. The van der Waals surface area contributed by atoms with E-state index < -0.39 is 10.8 Å². The number of anilines is 1. The van der Waals surface area contributed by atoms with E-state index in [-0.39, 0.29) is 17.1 Å². The molecule has 0 fully saturated rings. The lowest BCUT2D eigenvalue weighted by molar-refractivity contribution is -0.385. The molecule has 0 unspecified atom stereocenters. The molecule has 0 saturated heterocycles. The van der Waals surface area contributed by atoms with Crippen molar-refractivity contribution in [3.05, 3.63) is 27.9 Å². The Labute approximate surface area is 111 Å². The molecule has 0 aromatic carbocycles. The van der Waals surface area contributed by atoms with E-state index in [1.165, 1.54) is 0 Å². The summed E-state index contributed by atoms with van der Waals surface area (Å²) in [4.78, 5) is 25.5. The van der Waals surface area contributed by atoms with Crippen molar-refractivity contribution >= 4 is 17.4 Å². The number of nitrogens with one attached hydrogen (secondary N) is 1. The van der Waals surface area contributed by atoms with Crippen molar-refractivity contribution < 1.29 is 9.72 Å². The lowest BCUT2D eigenvalue weighted by Gasteiger charge is -2.08. The maximum atomic E-state index is 11.8. The van der Waals surface area contributed by atoms with E-state index in [0.717, 1.165) is 25.1 Å². The van der Waals surface area contributed by atoms with Crippen LogP contribution in [0.25, 0.3) is 0 Å². The number of carbonyl (C=O) groups excluding carboxylic acids is 1. The number of hydrogen-bond donors (Lipinski definition) is 2. The molecule has 1 heterocycles. The zero-order chi connectivity index (χ0) is 14.4. The van der Waals surface area contributed by atoms with Gasteiger partial charge >= 0.3 is 0 Å². The maximum absolute atomic E-state index is 11.8. The fraction of sp³-hybridized carbons (Fsp3) is 0.500. The largest absolute Gasteiger partial charge is 0.383 e. The van der Waals surface area contributed by atoms with Crippen molar-refractivity contribution in [2.24, 2.45) is 5.92 Å². The fourth-order valence-electron chi connectivity index (χ4n) is 1.55. The standard InChI is InChI=1S/C12H18N4O3/c1-8(2)4-3-5-14-12(17)10-6-9(16(18)19)7-15-11(10)13/h6-8H,3-5H2,1-2H3,(H2,13,15)(H,14,17). The molecule has 1 aromatic heterocycles. The highest BCUT2D eigenvalue weighted by Crippen LogP contribution is 2.16. The van der Waals surface area contributed by atoms with E-state index in [2.05, 4.69) is 24.1 Å². The normalized spacial score (nSPS) is 10.5. The first-order valence-corrected chi connectivity index (χ1v) is 6.10. The van der Waals surface area contributed by atoms with Crippen molar-refractivity contribution in [3.8, 4) is 0 Å². The van der Waals surface area contributed by atoms with Gasteiger partial charge in [0.1, 0.15) is 12.0 Å². The van der Waals surface area contributed by atoms with Crippen LogP contribution in [0.15, 0.2) is 12.3 Å². The van der Waals surface area contributed by atoms with Crippen LogP contribution in [0.4, 0.5) is 11.5 Å². The zero-order valence-corrected chi connectivity index (χ0v) is 11.0. The second kappa shape index (κ2) is 6.67. The molecule has 1 aromatic rings. The smallest absolute Gasteiger partial charge is 0.288 e. The second-order valence-corrected chi connectivity index (χ2v) is 4.68. The molecule has 0 atom stereocenters. The topological polar surface area (TPSA) is 111 Å². The number of nitrogen functional groups attached to an aromatic ring is 1. The monoisotopic (exact) mass is 266 g/mol. The summed E-state index contributed by atoms with van der Waals surface area (Å²) in [5.41, 5.74) is 5.34. The zero-order valence-electron chi connectivity index (χ0n) is 11.0. The van der Waals surface area contributed by atoms with E-state index in [9.17, 15) is 14.9 Å². The quantitative estimate of drug-likeness (QED) is 0.462. The van der Waals surface area contributed by atoms with Gasteiger partial charge in [-0.25, -0.2) is 4.98 Å². The molecule has 19 heavy (non-hydrogen) atoms. The van der Waals surface area contributed by atoms with E-state index >= 15 is 0 Å². The van der Waals surface area contributed by atoms with Crippen LogP contribution >= 0.6 is 0 Å². The molecule has 7 heteroatoms. The van der Waals surface area contributed by atoms with Gasteiger partial charge in [0, 0.05) is 12.6 Å². The first-order valence-electron chi connectivity index (χ1n) is 6.10. The average Bonchev–Trinajstić information content (AvgIpc) is 2.34. The first kappa shape index (κ1) is 14.9. The highest BCUT2D eigenvalue weighted by atomic mass is 16.6. The number of pyridine rings is 1. The summed E-state index contributed by atoms with van der Waals surface area (Å²) in [5, 5.41) is 13.3. The van der Waals surface area contributed by atoms with Crippen LogP contribution < -0.4 is 11.1 Å². The summed E-state index contributed by atoms with van der Waals surface area (Å²) in [5.74, 6) is 0.130. The Hall–Kier alpha value is -2.18. The van der Waals surface area contributed by atoms with Gasteiger partial charge in [0.05, 0.1) is 10.5 Å². The van der Waals surface area contributed by atoms with Crippen LogP contribution in [0.2, 0.25) is 0 Å².